The summed E-state index contributed by atoms with van der Waals surface area (Å²) < 4.78 is 47.8. The second-order valence-electron chi connectivity index (χ2n) is 7.53. The number of rotatable bonds is 5. The highest BCUT2D eigenvalue weighted by Crippen LogP contribution is 2.34. The lowest BCUT2D eigenvalue weighted by molar-refractivity contribution is 0.0247. The van der Waals surface area contributed by atoms with Gasteiger partial charge >= 0.3 is 0 Å². The first-order valence-electron chi connectivity index (χ1n) is 10.0. The molecular weight excluding hydrogens is 443 g/mol. The first kappa shape index (κ1) is 22.4. The van der Waals surface area contributed by atoms with Crippen molar-refractivity contribution < 1.29 is 22.7 Å². The van der Waals surface area contributed by atoms with Gasteiger partial charge in [-0.1, -0.05) is 24.3 Å². The number of thiazole rings is 1. The number of alkyl halides is 3. The Hall–Kier alpha value is -2.76. The van der Waals surface area contributed by atoms with E-state index in [0.29, 0.717) is 29.2 Å². The molecular formula is C21H22F3N5O2S. The number of ether oxygens (including phenoxy) is 1. The molecule has 0 bridgehead atoms. The maximum atomic E-state index is 13.9. The molecule has 1 fully saturated rings. The van der Waals surface area contributed by atoms with E-state index in [1.54, 1.807) is 23.9 Å². The monoisotopic (exact) mass is 465 g/mol. The van der Waals surface area contributed by atoms with E-state index in [1.165, 1.54) is 23.7 Å². The lowest BCUT2D eigenvalue weighted by Crippen LogP contribution is -2.32. The molecule has 1 saturated heterocycles. The first-order chi connectivity index (χ1) is 15.3. The lowest BCUT2D eigenvalue weighted by Gasteiger charge is -2.17. The number of aromatic nitrogens is 3. The van der Waals surface area contributed by atoms with Crippen LogP contribution in [0.4, 0.5) is 18.9 Å². The fraction of sp³-hybridized carbons (Fsp3) is 0.381. The molecule has 1 aromatic carbocycles. The fourth-order valence-corrected chi connectivity index (χ4v) is 4.50. The number of carbonyl (C=O) groups excluding carboxylic acids is 1. The van der Waals surface area contributed by atoms with Crippen LogP contribution in [0.15, 0.2) is 35.8 Å². The van der Waals surface area contributed by atoms with E-state index in [1.807, 2.05) is 0 Å². The number of anilines is 1. The van der Waals surface area contributed by atoms with Gasteiger partial charge in [0.1, 0.15) is 23.0 Å². The minimum absolute atomic E-state index is 0.0940. The predicted octanol–water partition coefficient (Wildman–Crippen LogP) is 4.25. The van der Waals surface area contributed by atoms with Crippen LogP contribution < -0.4 is 11.1 Å². The summed E-state index contributed by atoms with van der Waals surface area (Å²) in [6, 6.07) is 5.46. The number of nitrogens with zero attached hydrogens (tertiary/aromatic N) is 3. The molecule has 1 amide bonds. The molecule has 7 nitrogen and oxygen atoms in total. The van der Waals surface area contributed by atoms with Gasteiger partial charge in [-0.3, -0.25) is 9.48 Å². The summed E-state index contributed by atoms with van der Waals surface area (Å²) in [7, 11) is 1.70. The minimum Gasteiger partial charge on any atom is -0.369 e. The molecule has 3 atom stereocenters. The number of halogens is 3. The Balaban J connectivity index is 1.54. The maximum Gasteiger partial charge on any atom is 0.275 e. The first-order valence-corrected chi connectivity index (χ1v) is 10.9. The van der Waals surface area contributed by atoms with Gasteiger partial charge in [-0.15, -0.1) is 11.3 Å². The predicted molar refractivity (Wildman–Crippen MR) is 114 cm³/mol. The number of hydrogen-bond donors (Lipinski definition) is 2. The van der Waals surface area contributed by atoms with Crippen LogP contribution in [0.2, 0.25) is 0 Å². The Morgan fingerprint density at radius 1 is 1.34 bits per heavy atom. The zero-order valence-corrected chi connectivity index (χ0v) is 18.0. The van der Waals surface area contributed by atoms with Crippen LogP contribution in [0.5, 0.6) is 0 Å². The fourth-order valence-electron chi connectivity index (χ4n) is 3.65. The quantitative estimate of drug-likeness (QED) is 0.587. The van der Waals surface area contributed by atoms with E-state index in [2.05, 4.69) is 15.4 Å². The third kappa shape index (κ3) is 4.54. The number of benzene rings is 1. The Labute approximate surface area is 186 Å². The zero-order valence-electron chi connectivity index (χ0n) is 17.2. The van der Waals surface area contributed by atoms with Gasteiger partial charge in [0.2, 0.25) is 0 Å². The second kappa shape index (κ2) is 9.39. The van der Waals surface area contributed by atoms with Gasteiger partial charge in [-0.25, -0.2) is 18.2 Å². The standard InChI is InChI=1S/C21H22F3N5O2S/c1-29-18(17-7-6-14(25)13(22)9-31-17)15(8-26-29)27-20(30)16-10-32-21(28-16)12-5-3-2-4-11(12)19(23)24/h2-5,8,10,13-14,17,19H,6-7,9,25H2,1H3,(H,27,30)/t13-,14-,17+/m1/s1. The van der Waals surface area contributed by atoms with Crippen molar-refractivity contribution in [2.75, 3.05) is 11.9 Å². The van der Waals surface area contributed by atoms with Gasteiger partial charge < -0.3 is 15.8 Å². The SMILES string of the molecule is Cn1ncc(NC(=O)c2csc(-c3ccccc3C(F)F)n2)c1[C@@H]1CC[C@@H](N)[C@H](F)CO1. The number of carbonyl (C=O) groups is 1. The zero-order chi connectivity index (χ0) is 22.8. The average Bonchev–Trinajstić information content (AvgIpc) is 3.37. The van der Waals surface area contributed by atoms with Crippen LogP contribution in [0.3, 0.4) is 0 Å². The highest BCUT2D eigenvalue weighted by atomic mass is 32.1. The highest BCUT2D eigenvalue weighted by molar-refractivity contribution is 7.13. The van der Waals surface area contributed by atoms with Gasteiger partial charge in [-0.2, -0.15) is 5.10 Å². The summed E-state index contributed by atoms with van der Waals surface area (Å²) in [5.74, 6) is -0.509. The molecule has 1 aliphatic heterocycles. The highest BCUT2D eigenvalue weighted by Gasteiger charge is 2.30. The van der Waals surface area contributed by atoms with Gasteiger partial charge in [0, 0.05) is 29.6 Å². The van der Waals surface area contributed by atoms with E-state index >= 15 is 0 Å². The number of hydrogen-bond acceptors (Lipinski definition) is 6. The number of amides is 1. The molecule has 1 aliphatic rings. The molecule has 170 valence electrons. The van der Waals surface area contributed by atoms with Crippen LogP contribution in [0.1, 0.15) is 47.1 Å². The largest absolute Gasteiger partial charge is 0.369 e. The number of aryl methyl sites for hydroxylation is 1. The third-order valence-electron chi connectivity index (χ3n) is 5.38. The van der Waals surface area contributed by atoms with Crippen molar-refractivity contribution in [2.45, 2.75) is 37.6 Å². The molecule has 0 spiro atoms. The molecule has 32 heavy (non-hydrogen) atoms. The van der Waals surface area contributed by atoms with Gasteiger partial charge in [0.15, 0.2) is 0 Å². The molecule has 0 radical (unpaired) electrons. The molecule has 11 heteroatoms. The van der Waals surface area contributed by atoms with Crippen molar-refractivity contribution in [1.82, 2.24) is 14.8 Å². The Morgan fingerprint density at radius 3 is 2.91 bits per heavy atom. The van der Waals surface area contributed by atoms with Crippen LogP contribution in [0.25, 0.3) is 10.6 Å². The summed E-state index contributed by atoms with van der Waals surface area (Å²) >= 11 is 1.11. The number of nitrogens with one attached hydrogen (secondary N) is 1. The van der Waals surface area contributed by atoms with Crippen molar-refractivity contribution in [3.8, 4) is 10.6 Å². The van der Waals surface area contributed by atoms with Crippen molar-refractivity contribution in [2.24, 2.45) is 12.8 Å². The Morgan fingerprint density at radius 2 is 2.12 bits per heavy atom. The molecule has 0 aliphatic carbocycles. The van der Waals surface area contributed by atoms with E-state index in [0.717, 1.165) is 11.3 Å². The van der Waals surface area contributed by atoms with Gasteiger partial charge in [0.05, 0.1) is 24.2 Å². The van der Waals surface area contributed by atoms with E-state index in [-0.39, 0.29) is 23.4 Å². The molecule has 4 rings (SSSR count). The molecule has 0 unspecified atom stereocenters. The van der Waals surface area contributed by atoms with Crippen LogP contribution in [0, 0.1) is 0 Å². The Bertz CT molecular complexity index is 1090. The van der Waals surface area contributed by atoms with Gasteiger partial charge in [-0.05, 0) is 12.8 Å². The molecule has 3 heterocycles. The lowest BCUT2D eigenvalue weighted by atomic mass is 10.0. The van der Waals surface area contributed by atoms with Crippen molar-refractivity contribution in [3.05, 3.63) is 52.8 Å². The summed E-state index contributed by atoms with van der Waals surface area (Å²) in [5, 5.41) is 8.78. The van der Waals surface area contributed by atoms with E-state index in [9.17, 15) is 18.0 Å². The van der Waals surface area contributed by atoms with Crippen LogP contribution in [-0.2, 0) is 11.8 Å². The normalized spacial score (nSPS) is 21.5. The summed E-state index contributed by atoms with van der Waals surface area (Å²) in [4.78, 5) is 17.1. The average molecular weight is 466 g/mol. The number of nitrogens with two attached hydrogens (primary N) is 1. The van der Waals surface area contributed by atoms with Crippen LogP contribution in [-0.4, -0.2) is 39.5 Å². The molecule has 2 aromatic heterocycles. The summed E-state index contributed by atoms with van der Waals surface area (Å²) in [6.07, 6.45) is -1.99. The van der Waals surface area contributed by atoms with E-state index in [4.69, 9.17) is 10.5 Å². The van der Waals surface area contributed by atoms with Crippen molar-refractivity contribution in [1.29, 1.82) is 0 Å². The molecule has 0 saturated carbocycles. The summed E-state index contributed by atoms with van der Waals surface area (Å²) in [6.45, 7) is -0.136. The topological polar surface area (TPSA) is 95.1 Å². The minimum atomic E-state index is -2.65. The molecule has 3 aromatic rings. The molecule has 3 N–H and O–H groups in total. The second-order valence-corrected chi connectivity index (χ2v) is 8.38. The maximum absolute atomic E-state index is 13.9. The van der Waals surface area contributed by atoms with Crippen LogP contribution >= 0.6 is 11.3 Å². The van der Waals surface area contributed by atoms with Crippen molar-refractivity contribution >= 4 is 22.9 Å². The van der Waals surface area contributed by atoms with Crippen molar-refractivity contribution in [3.63, 3.8) is 0 Å². The smallest absolute Gasteiger partial charge is 0.275 e. The van der Waals surface area contributed by atoms with Gasteiger partial charge in [0.25, 0.3) is 12.3 Å². The van der Waals surface area contributed by atoms with E-state index < -0.39 is 30.7 Å². The summed E-state index contributed by atoms with van der Waals surface area (Å²) in [5.41, 5.74) is 7.06. The third-order valence-corrected chi connectivity index (χ3v) is 6.26. The Kier molecular flexibility index (Phi) is 6.58.